The van der Waals surface area contributed by atoms with E-state index >= 15 is 0 Å². The van der Waals surface area contributed by atoms with E-state index in [0.717, 1.165) is 23.9 Å². The molecule has 106 valence electrons. The lowest BCUT2D eigenvalue weighted by Gasteiger charge is -2.29. The summed E-state index contributed by atoms with van der Waals surface area (Å²) in [5, 5.41) is 0. The second-order valence-corrected chi connectivity index (χ2v) is 6.35. The van der Waals surface area contributed by atoms with Crippen molar-refractivity contribution in [3.8, 4) is 0 Å². The first-order valence-corrected chi connectivity index (χ1v) is 7.66. The fourth-order valence-electron chi connectivity index (χ4n) is 2.69. The molecule has 1 saturated heterocycles. The lowest BCUT2D eigenvalue weighted by molar-refractivity contribution is 0.118. The highest BCUT2D eigenvalue weighted by Crippen LogP contribution is 2.28. The topological polar surface area (TPSA) is 38.5 Å². The number of halogens is 1. The van der Waals surface area contributed by atoms with Crippen molar-refractivity contribution >= 4 is 21.6 Å². The average Bonchev–Trinajstić information content (AvgIpc) is 2.76. The molecule has 3 atom stereocenters. The van der Waals surface area contributed by atoms with Gasteiger partial charge in [-0.15, -0.1) is 0 Å². The zero-order valence-electron chi connectivity index (χ0n) is 11.9. The predicted octanol–water partition coefficient (Wildman–Crippen LogP) is 2.95. The average molecular weight is 327 g/mol. The summed E-state index contributed by atoms with van der Waals surface area (Å²) in [6.07, 6.45) is 2.29. The highest BCUT2D eigenvalue weighted by atomic mass is 79.9. The number of benzene rings is 1. The highest BCUT2D eigenvalue weighted by molar-refractivity contribution is 9.10. The molecule has 19 heavy (non-hydrogen) atoms. The summed E-state index contributed by atoms with van der Waals surface area (Å²) in [5.74, 6) is 0. The number of anilines is 1. The van der Waals surface area contributed by atoms with E-state index in [1.807, 2.05) is 6.92 Å². The highest BCUT2D eigenvalue weighted by Gasteiger charge is 2.28. The minimum absolute atomic E-state index is 0.183. The van der Waals surface area contributed by atoms with Gasteiger partial charge in [0.25, 0.3) is 0 Å². The van der Waals surface area contributed by atoms with Crippen LogP contribution in [-0.2, 0) is 11.2 Å². The van der Waals surface area contributed by atoms with Gasteiger partial charge in [0.15, 0.2) is 0 Å². The van der Waals surface area contributed by atoms with Crippen LogP contribution in [0.5, 0.6) is 0 Å². The van der Waals surface area contributed by atoms with Crippen LogP contribution in [0.25, 0.3) is 0 Å². The Kier molecular flexibility index (Phi) is 4.87. The van der Waals surface area contributed by atoms with Gasteiger partial charge in [-0.3, -0.25) is 0 Å². The number of hydrogen-bond donors (Lipinski definition) is 1. The minimum Gasteiger partial charge on any atom is -0.376 e. The Hall–Kier alpha value is -0.580. The Balaban J connectivity index is 2.14. The quantitative estimate of drug-likeness (QED) is 0.924. The Labute approximate surface area is 124 Å². The smallest absolute Gasteiger partial charge is 0.0750 e. The number of likely N-dealkylation sites (N-methyl/N-ethyl adjacent to an activating group) is 1. The molecule has 0 bridgehead atoms. The van der Waals surface area contributed by atoms with E-state index in [9.17, 15) is 0 Å². The van der Waals surface area contributed by atoms with E-state index in [-0.39, 0.29) is 6.04 Å². The Bertz CT molecular complexity index is 436. The van der Waals surface area contributed by atoms with Crippen LogP contribution in [0, 0.1) is 0 Å². The molecule has 0 radical (unpaired) electrons. The van der Waals surface area contributed by atoms with Crippen molar-refractivity contribution < 1.29 is 4.74 Å². The lowest BCUT2D eigenvalue weighted by Crippen LogP contribution is -2.36. The summed E-state index contributed by atoms with van der Waals surface area (Å²) in [6, 6.07) is 7.17. The number of ether oxygens (including phenoxy) is 1. The van der Waals surface area contributed by atoms with Gasteiger partial charge in [0.1, 0.15) is 0 Å². The molecule has 2 rings (SSSR count). The second kappa shape index (κ2) is 6.25. The van der Waals surface area contributed by atoms with Gasteiger partial charge in [0, 0.05) is 29.9 Å². The van der Waals surface area contributed by atoms with Crippen LogP contribution in [-0.4, -0.2) is 31.8 Å². The largest absolute Gasteiger partial charge is 0.376 e. The van der Waals surface area contributed by atoms with E-state index in [4.69, 9.17) is 10.5 Å². The summed E-state index contributed by atoms with van der Waals surface area (Å²) in [5.41, 5.74) is 8.35. The van der Waals surface area contributed by atoms with Crippen molar-refractivity contribution in [3.05, 3.63) is 28.2 Å². The van der Waals surface area contributed by atoms with Crippen molar-refractivity contribution in [1.29, 1.82) is 0 Å². The molecular formula is C15H23BrN2O. The minimum atomic E-state index is 0.183. The van der Waals surface area contributed by atoms with Crippen LogP contribution in [0.15, 0.2) is 22.7 Å². The maximum atomic E-state index is 5.86. The first-order chi connectivity index (χ1) is 8.99. The Morgan fingerprint density at radius 3 is 2.79 bits per heavy atom. The summed E-state index contributed by atoms with van der Waals surface area (Å²) < 4.78 is 6.78. The first kappa shape index (κ1) is 14.8. The monoisotopic (exact) mass is 326 g/mol. The summed E-state index contributed by atoms with van der Waals surface area (Å²) in [7, 11) is 2.14. The van der Waals surface area contributed by atoms with Crippen molar-refractivity contribution in [2.75, 3.05) is 18.6 Å². The molecule has 1 aliphatic rings. The van der Waals surface area contributed by atoms with Gasteiger partial charge in [-0.1, -0.05) is 22.0 Å². The lowest BCUT2D eigenvalue weighted by atomic mass is 10.1. The van der Waals surface area contributed by atoms with Gasteiger partial charge in [-0.25, -0.2) is 0 Å². The van der Waals surface area contributed by atoms with Crippen LogP contribution in [0.4, 0.5) is 5.69 Å². The van der Waals surface area contributed by atoms with Gasteiger partial charge in [0.2, 0.25) is 0 Å². The fourth-order valence-corrected chi connectivity index (χ4v) is 3.22. The number of rotatable bonds is 4. The normalized spacial score (nSPS) is 24.5. The van der Waals surface area contributed by atoms with Crippen LogP contribution < -0.4 is 10.6 Å². The molecule has 1 fully saturated rings. The van der Waals surface area contributed by atoms with Gasteiger partial charge in [-0.2, -0.15) is 0 Å². The summed E-state index contributed by atoms with van der Waals surface area (Å²) in [6.45, 7) is 5.04. The molecule has 0 amide bonds. The van der Waals surface area contributed by atoms with Crippen LogP contribution >= 0.6 is 15.9 Å². The molecule has 0 saturated carbocycles. The van der Waals surface area contributed by atoms with Crippen LogP contribution in [0.1, 0.15) is 25.8 Å². The first-order valence-electron chi connectivity index (χ1n) is 6.87. The van der Waals surface area contributed by atoms with Gasteiger partial charge < -0.3 is 15.4 Å². The van der Waals surface area contributed by atoms with E-state index in [1.54, 1.807) is 0 Å². The third kappa shape index (κ3) is 3.50. The molecule has 0 spiro atoms. The third-order valence-corrected chi connectivity index (χ3v) is 4.56. The molecular weight excluding hydrogens is 304 g/mol. The zero-order chi connectivity index (χ0) is 14.0. The SMILES string of the molecule is CC(N)Cc1ccc(N(C)C2CCOC2C)cc1Br. The summed E-state index contributed by atoms with van der Waals surface area (Å²) >= 11 is 3.65. The molecule has 2 N–H and O–H groups in total. The Morgan fingerprint density at radius 2 is 2.26 bits per heavy atom. The number of nitrogens with zero attached hydrogens (tertiary/aromatic N) is 1. The zero-order valence-corrected chi connectivity index (χ0v) is 13.5. The standard InChI is InChI=1S/C15H23BrN2O/c1-10(17)8-12-4-5-13(9-14(12)16)18(3)15-6-7-19-11(15)2/h4-5,9-11,15H,6-8,17H2,1-3H3. The van der Waals surface area contributed by atoms with Crippen molar-refractivity contribution in [2.45, 2.75) is 44.9 Å². The fraction of sp³-hybridized carbons (Fsp3) is 0.600. The maximum absolute atomic E-state index is 5.86. The Morgan fingerprint density at radius 1 is 1.53 bits per heavy atom. The van der Waals surface area contributed by atoms with Crippen LogP contribution in [0.3, 0.4) is 0 Å². The van der Waals surface area contributed by atoms with Gasteiger partial charge in [-0.05, 0) is 44.4 Å². The maximum Gasteiger partial charge on any atom is 0.0750 e. The van der Waals surface area contributed by atoms with E-state index < -0.39 is 0 Å². The molecule has 3 nitrogen and oxygen atoms in total. The van der Waals surface area contributed by atoms with E-state index in [2.05, 4.69) is 53.0 Å². The molecule has 3 unspecified atom stereocenters. The molecule has 1 heterocycles. The number of nitrogens with two attached hydrogens (primary N) is 1. The summed E-state index contributed by atoms with van der Waals surface area (Å²) in [4.78, 5) is 2.32. The molecule has 0 aliphatic carbocycles. The third-order valence-electron chi connectivity index (χ3n) is 3.82. The van der Waals surface area contributed by atoms with Crippen molar-refractivity contribution in [3.63, 3.8) is 0 Å². The van der Waals surface area contributed by atoms with Crippen molar-refractivity contribution in [2.24, 2.45) is 5.73 Å². The molecule has 0 aromatic heterocycles. The van der Waals surface area contributed by atoms with Crippen molar-refractivity contribution in [1.82, 2.24) is 0 Å². The van der Waals surface area contributed by atoms with Crippen LogP contribution in [0.2, 0.25) is 0 Å². The molecule has 4 heteroatoms. The molecule has 1 aliphatic heterocycles. The van der Waals surface area contributed by atoms with Gasteiger partial charge in [0.05, 0.1) is 12.1 Å². The second-order valence-electron chi connectivity index (χ2n) is 5.50. The molecule has 1 aromatic rings. The van der Waals surface area contributed by atoms with Gasteiger partial charge >= 0.3 is 0 Å². The predicted molar refractivity (Wildman–Crippen MR) is 83.7 cm³/mol. The molecule has 1 aromatic carbocycles. The van der Waals surface area contributed by atoms with E-state index in [1.165, 1.54) is 11.3 Å². The van der Waals surface area contributed by atoms with E-state index in [0.29, 0.717) is 12.1 Å². The number of hydrogen-bond acceptors (Lipinski definition) is 3.